The Hall–Kier alpha value is -0.576. The predicted octanol–water partition coefficient (Wildman–Crippen LogP) is 6.44. The van der Waals surface area contributed by atoms with Crippen molar-refractivity contribution in [3.63, 3.8) is 0 Å². The molecular weight excluding hydrogens is 437 g/mol. The molecule has 1 aliphatic rings. The minimum Gasteiger partial charge on any atom is -0.415 e. The Labute approximate surface area is 198 Å². The molecule has 1 heterocycles. The van der Waals surface area contributed by atoms with Crippen LogP contribution in [0.1, 0.15) is 47.1 Å². The highest BCUT2D eigenvalue weighted by molar-refractivity contribution is 6.74. The van der Waals surface area contributed by atoms with Crippen LogP contribution < -0.4 is 0 Å². The first kappa shape index (κ1) is 27.7. The van der Waals surface area contributed by atoms with Crippen molar-refractivity contribution in [2.45, 2.75) is 96.4 Å². The average Bonchev–Trinajstić information content (AvgIpc) is 2.66. The van der Waals surface area contributed by atoms with Gasteiger partial charge in [0.15, 0.2) is 16.6 Å². The number of benzene rings is 1. The predicted molar refractivity (Wildman–Crippen MR) is 137 cm³/mol. The molecule has 0 bridgehead atoms. The molecule has 0 amide bonds. The summed E-state index contributed by atoms with van der Waals surface area (Å²) in [6.45, 7) is 26.1. The van der Waals surface area contributed by atoms with E-state index in [1.807, 2.05) is 12.1 Å². The molecule has 0 saturated carbocycles. The summed E-state index contributed by atoms with van der Waals surface area (Å²) >= 11 is 0. The zero-order valence-electron chi connectivity index (χ0n) is 22.0. The second-order valence-electron chi connectivity index (χ2n) is 12.3. The van der Waals surface area contributed by atoms with E-state index in [9.17, 15) is 4.39 Å². The van der Waals surface area contributed by atoms with Crippen LogP contribution in [-0.4, -0.2) is 60.0 Å². The molecule has 2 rings (SSSR count). The molecule has 4 nitrogen and oxygen atoms in total. The lowest BCUT2D eigenvalue weighted by molar-refractivity contribution is -0.0799. The van der Waals surface area contributed by atoms with Gasteiger partial charge < -0.3 is 13.6 Å². The zero-order valence-corrected chi connectivity index (χ0v) is 24.0. The van der Waals surface area contributed by atoms with Crippen molar-refractivity contribution in [3.05, 3.63) is 35.6 Å². The third-order valence-electron chi connectivity index (χ3n) is 7.72. The lowest BCUT2D eigenvalue weighted by Gasteiger charge is -2.45. The smallest absolute Gasteiger partial charge is 0.192 e. The van der Waals surface area contributed by atoms with Crippen molar-refractivity contribution >= 4 is 16.6 Å². The van der Waals surface area contributed by atoms with Gasteiger partial charge in [-0.3, -0.25) is 4.90 Å². The summed E-state index contributed by atoms with van der Waals surface area (Å²) in [5.41, 5.74) is 1.10. The lowest BCUT2D eigenvalue weighted by Crippen LogP contribution is -2.57. The summed E-state index contributed by atoms with van der Waals surface area (Å²) in [5.74, 6) is -0.202. The van der Waals surface area contributed by atoms with Crippen LogP contribution in [0.3, 0.4) is 0 Å². The second-order valence-corrected chi connectivity index (χ2v) is 21.9. The van der Waals surface area contributed by atoms with Crippen LogP contribution >= 0.6 is 0 Å². The highest BCUT2D eigenvalue weighted by Gasteiger charge is 2.41. The summed E-state index contributed by atoms with van der Waals surface area (Å²) in [7, 11) is -3.74. The van der Waals surface area contributed by atoms with Gasteiger partial charge in [-0.15, -0.1) is 0 Å². The Morgan fingerprint density at radius 2 is 1.25 bits per heavy atom. The first-order valence-corrected chi connectivity index (χ1v) is 17.7. The summed E-state index contributed by atoms with van der Waals surface area (Å²) < 4.78 is 32.7. The zero-order chi connectivity index (χ0) is 24.4. The number of nitrogens with zero attached hydrogens (tertiary/aromatic N) is 1. The molecular formula is C25H46FNO3Si2. The van der Waals surface area contributed by atoms with Crippen LogP contribution in [-0.2, 0) is 20.1 Å². The Morgan fingerprint density at radius 3 is 1.62 bits per heavy atom. The molecule has 1 saturated heterocycles. The molecule has 2 atom stereocenters. The standard InChI is InChI=1S/C25H46FNO3Si2/c1-24(2,3)31(7,8)29-18-22-16-28-17-23(19-30-32(9,10)25(4,5)6)27(22)15-20-11-13-21(26)14-12-20/h11-14,22-23H,15-19H2,1-10H3/t22-,23-/m0/s1. The summed E-state index contributed by atoms with van der Waals surface area (Å²) in [6.07, 6.45) is 0. The van der Waals surface area contributed by atoms with E-state index in [1.54, 1.807) is 0 Å². The molecule has 1 aliphatic heterocycles. The van der Waals surface area contributed by atoms with E-state index in [0.29, 0.717) is 26.4 Å². The normalized spacial score (nSPS) is 21.7. The second kappa shape index (κ2) is 10.4. The van der Waals surface area contributed by atoms with Gasteiger partial charge in [0.25, 0.3) is 0 Å². The van der Waals surface area contributed by atoms with Gasteiger partial charge in [-0.05, 0) is 54.0 Å². The van der Waals surface area contributed by atoms with E-state index in [-0.39, 0.29) is 28.0 Å². The van der Waals surface area contributed by atoms with Crippen LogP contribution in [0.25, 0.3) is 0 Å². The molecule has 0 radical (unpaired) electrons. The van der Waals surface area contributed by atoms with Gasteiger partial charge in [-0.25, -0.2) is 4.39 Å². The van der Waals surface area contributed by atoms with E-state index in [1.165, 1.54) is 12.1 Å². The number of hydrogen-bond acceptors (Lipinski definition) is 4. The quantitative estimate of drug-likeness (QED) is 0.398. The number of morpholine rings is 1. The Morgan fingerprint density at radius 1 is 0.844 bits per heavy atom. The number of hydrogen-bond donors (Lipinski definition) is 0. The van der Waals surface area contributed by atoms with E-state index in [2.05, 4.69) is 72.6 Å². The number of rotatable bonds is 8. The van der Waals surface area contributed by atoms with Gasteiger partial charge in [0.1, 0.15) is 5.82 Å². The fraction of sp³-hybridized carbons (Fsp3) is 0.760. The molecule has 0 unspecified atom stereocenters. The van der Waals surface area contributed by atoms with Gasteiger partial charge in [0.2, 0.25) is 0 Å². The first-order valence-electron chi connectivity index (χ1n) is 11.9. The molecule has 0 aromatic heterocycles. The highest BCUT2D eigenvalue weighted by atomic mass is 28.4. The molecule has 0 N–H and O–H groups in total. The first-order chi connectivity index (χ1) is 14.5. The molecule has 0 aliphatic carbocycles. The topological polar surface area (TPSA) is 30.9 Å². The highest BCUT2D eigenvalue weighted by Crippen LogP contribution is 2.38. The van der Waals surface area contributed by atoms with Gasteiger partial charge >= 0.3 is 0 Å². The molecule has 184 valence electrons. The Kier molecular flexibility index (Phi) is 8.96. The summed E-state index contributed by atoms with van der Waals surface area (Å²) in [4.78, 5) is 2.47. The minimum atomic E-state index is -1.87. The summed E-state index contributed by atoms with van der Waals surface area (Å²) in [6, 6.07) is 7.13. The van der Waals surface area contributed by atoms with Crippen molar-refractivity contribution < 1.29 is 18.0 Å². The van der Waals surface area contributed by atoms with Gasteiger partial charge in [-0.1, -0.05) is 53.7 Å². The SMILES string of the molecule is CC(C)(C)[Si](C)(C)OC[C@@H]1COC[C@@H](CO[Si](C)(C)C(C)(C)C)N1Cc1ccc(F)cc1. The maximum Gasteiger partial charge on any atom is 0.192 e. The molecule has 32 heavy (non-hydrogen) atoms. The molecule has 7 heteroatoms. The van der Waals surface area contributed by atoms with E-state index in [4.69, 9.17) is 13.6 Å². The minimum absolute atomic E-state index is 0.149. The molecule has 1 fully saturated rings. The average molecular weight is 484 g/mol. The third kappa shape index (κ3) is 7.21. The van der Waals surface area contributed by atoms with Crippen molar-refractivity contribution in [1.82, 2.24) is 4.90 Å². The van der Waals surface area contributed by atoms with Gasteiger partial charge in [0, 0.05) is 6.54 Å². The van der Waals surface area contributed by atoms with Crippen molar-refractivity contribution in [2.24, 2.45) is 0 Å². The summed E-state index contributed by atoms with van der Waals surface area (Å²) in [5, 5.41) is 0.324. The van der Waals surface area contributed by atoms with Crippen molar-refractivity contribution in [1.29, 1.82) is 0 Å². The fourth-order valence-electron chi connectivity index (χ4n) is 3.22. The lowest BCUT2D eigenvalue weighted by atomic mass is 10.1. The van der Waals surface area contributed by atoms with Crippen LogP contribution in [0.15, 0.2) is 24.3 Å². The molecule has 1 aromatic carbocycles. The Balaban J connectivity index is 2.20. The molecule has 0 spiro atoms. The van der Waals surface area contributed by atoms with E-state index in [0.717, 1.165) is 12.1 Å². The van der Waals surface area contributed by atoms with Gasteiger partial charge in [0.05, 0.1) is 38.5 Å². The monoisotopic (exact) mass is 483 g/mol. The maximum absolute atomic E-state index is 13.5. The van der Waals surface area contributed by atoms with Crippen molar-refractivity contribution in [2.75, 3.05) is 26.4 Å². The van der Waals surface area contributed by atoms with Crippen LogP contribution in [0.4, 0.5) is 4.39 Å². The van der Waals surface area contributed by atoms with Crippen molar-refractivity contribution in [3.8, 4) is 0 Å². The van der Waals surface area contributed by atoms with Gasteiger partial charge in [-0.2, -0.15) is 0 Å². The van der Waals surface area contributed by atoms with Crippen LogP contribution in [0.5, 0.6) is 0 Å². The number of ether oxygens (including phenoxy) is 1. The Bertz CT molecular complexity index is 688. The fourth-order valence-corrected chi connectivity index (χ4v) is 5.30. The third-order valence-corrected chi connectivity index (χ3v) is 16.7. The maximum atomic E-state index is 13.5. The number of halogens is 1. The van der Waals surface area contributed by atoms with Crippen LogP contribution in [0.2, 0.25) is 36.3 Å². The largest absolute Gasteiger partial charge is 0.415 e. The molecule has 1 aromatic rings. The van der Waals surface area contributed by atoms with Crippen LogP contribution in [0, 0.1) is 5.82 Å². The van der Waals surface area contributed by atoms with E-state index >= 15 is 0 Å². The van der Waals surface area contributed by atoms with E-state index < -0.39 is 16.6 Å².